The maximum absolute atomic E-state index is 12.1. The Morgan fingerprint density at radius 3 is 2.95 bits per heavy atom. The minimum absolute atomic E-state index is 0.0343. The van der Waals surface area contributed by atoms with Crippen LogP contribution < -0.4 is 15.4 Å². The normalized spacial score (nSPS) is 19.8. The number of hydrogen-bond acceptors (Lipinski definition) is 3. The van der Waals surface area contributed by atoms with Crippen molar-refractivity contribution in [3.05, 3.63) is 29.8 Å². The highest BCUT2D eigenvalue weighted by molar-refractivity contribution is 5.76. The van der Waals surface area contributed by atoms with Gasteiger partial charge in [0.15, 0.2) is 0 Å². The Morgan fingerprint density at radius 1 is 1.43 bits per heavy atom. The number of carbonyl (C=O) groups is 1. The van der Waals surface area contributed by atoms with E-state index in [2.05, 4.69) is 10.6 Å². The molecule has 4 heteroatoms. The van der Waals surface area contributed by atoms with E-state index in [4.69, 9.17) is 4.74 Å². The van der Waals surface area contributed by atoms with Crippen molar-refractivity contribution in [2.45, 2.75) is 51.1 Å². The number of amides is 1. The zero-order valence-electron chi connectivity index (χ0n) is 13.0. The predicted octanol–water partition coefficient (Wildman–Crippen LogP) is 2.79. The van der Waals surface area contributed by atoms with Gasteiger partial charge in [0.05, 0.1) is 13.2 Å². The van der Waals surface area contributed by atoms with Crippen LogP contribution in [-0.2, 0) is 4.79 Å². The fraction of sp³-hybridized carbons (Fsp3) is 0.588. The van der Waals surface area contributed by atoms with Gasteiger partial charge in [-0.2, -0.15) is 0 Å². The van der Waals surface area contributed by atoms with Crippen molar-refractivity contribution in [3.8, 4) is 5.75 Å². The smallest absolute Gasteiger partial charge is 0.220 e. The van der Waals surface area contributed by atoms with Crippen LogP contribution in [0.2, 0.25) is 0 Å². The number of ether oxygens (including phenoxy) is 1. The summed E-state index contributed by atoms with van der Waals surface area (Å²) >= 11 is 0. The van der Waals surface area contributed by atoms with Crippen LogP contribution in [0.5, 0.6) is 5.75 Å². The lowest BCUT2D eigenvalue weighted by Gasteiger charge is -2.23. The van der Waals surface area contributed by atoms with E-state index in [1.165, 1.54) is 19.3 Å². The van der Waals surface area contributed by atoms with E-state index in [1.807, 2.05) is 31.2 Å². The third kappa shape index (κ3) is 4.74. The summed E-state index contributed by atoms with van der Waals surface area (Å²) in [6.07, 6.45) is 5.22. The van der Waals surface area contributed by atoms with Gasteiger partial charge in [-0.1, -0.05) is 24.6 Å². The first-order chi connectivity index (χ1) is 10.2. The zero-order valence-corrected chi connectivity index (χ0v) is 13.0. The van der Waals surface area contributed by atoms with Gasteiger partial charge >= 0.3 is 0 Å². The molecule has 2 rings (SSSR count). The van der Waals surface area contributed by atoms with Crippen molar-refractivity contribution in [1.82, 2.24) is 10.6 Å². The van der Waals surface area contributed by atoms with Crippen molar-refractivity contribution in [2.75, 3.05) is 13.7 Å². The Hall–Kier alpha value is -1.55. The van der Waals surface area contributed by atoms with Crippen molar-refractivity contribution in [3.63, 3.8) is 0 Å². The standard InChI is InChI=1S/C17H26N2O2/c1-13(15-8-3-4-9-16(15)21-2)19-17(20)11-10-14-7-5-6-12-18-14/h3-4,8-9,13-14,18H,5-7,10-12H2,1-2H3,(H,19,20)/t13-,14?/m0/s1. The van der Waals surface area contributed by atoms with Crippen molar-refractivity contribution >= 4 is 5.91 Å². The quantitative estimate of drug-likeness (QED) is 0.847. The molecule has 2 N–H and O–H groups in total. The maximum atomic E-state index is 12.1. The molecule has 0 aromatic heterocycles. The lowest BCUT2D eigenvalue weighted by atomic mass is 10.00. The highest BCUT2D eigenvalue weighted by atomic mass is 16.5. The molecule has 0 bridgehead atoms. The molecule has 1 saturated heterocycles. The molecule has 1 aliphatic rings. The van der Waals surface area contributed by atoms with E-state index in [1.54, 1.807) is 7.11 Å². The van der Waals surface area contributed by atoms with E-state index in [9.17, 15) is 4.79 Å². The molecule has 1 heterocycles. The molecule has 21 heavy (non-hydrogen) atoms. The number of hydrogen-bond donors (Lipinski definition) is 2. The fourth-order valence-electron chi connectivity index (χ4n) is 2.89. The topological polar surface area (TPSA) is 50.4 Å². The SMILES string of the molecule is COc1ccccc1[C@H](C)NC(=O)CCC1CCCCN1. The molecule has 1 aliphatic heterocycles. The largest absolute Gasteiger partial charge is 0.496 e. The number of nitrogens with one attached hydrogen (secondary N) is 2. The number of methoxy groups -OCH3 is 1. The van der Waals surface area contributed by atoms with Crippen LogP contribution in [0.1, 0.15) is 50.6 Å². The molecule has 1 fully saturated rings. The number of benzene rings is 1. The summed E-state index contributed by atoms with van der Waals surface area (Å²) in [5.41, 5.74) is 1.02. The summed E-state index contributed by atoms with van der Waals surface area (Å²) in [6.45, 7) is 3.08. The molecular weight excluding hydrogens is 264 g/mol. The fourth-order valence-corrected chi connectivity index (χ4v) is 2.89. The first kappa shape index (κ1) is 15.8. The van der Waals surface area contributed by atoms with E-state index < -0.39 is 0 Å². The van der Waals surface area contributed by atoms with Crippen LogP contribution in [0, 0.1) is 0 Å². The number of piperidine rings is 1. The second kappa shape index (κ2) is 8.03. The maximum Gasteiger partial charge on any atom is 0.220 e. The summed E-state index contributed by atoms with van der Waals surface area (Å²) in [5.74, 6) is 0.931. The molecule has 1 amide bonds. The lowest BCUT2D eigenvalue weighted by molar-refractivity contribution is -0.122. The van der Waals surface area contributed by atoms with E-state index >= 15 is 0 Å². The van der Waals surface area contributed by atoms with Gasteiger partial charge in [0.25, 0.3) is 0 Å². The molecule has 1 unspecified atom stereocenters. The van der Waals surface area contributed by atoms with E-state index in [-0.39, 0.29) is 11.9 Å². The lowest BCUT2D eigenvalue weighted by Crippen LogP contribution is -2.35. The number of carbonyl (C=O) groups excluding carboxylic acids is 1. The van der Waals surface area contributed by atoms with Crippen LogP contribution in [0.4, 0.5) is 0 Å². The summed E-state index contributed by atoms with van der Waals surface area (Å²) < 4.78 is 5.34. The molecule has 1 aromatic rings. The first-order valence-electron chi connectivity index (χ1n) is 7.86. The zero-order chi connectivity index (χ0) is 15.1. The van der Waals surface area contributed by atoms with Crippen LogP contribution in [0.15, 0.2) is 24.3 Å². The van der Waals surface area contributed by atoms with Crippen molar-refractivity contribution in [1.29, 1.82) is 0 Å². The van der Waals surface area contributed by atoms with E-state index in [0.717, 1.165) is 24.3 Å². The average molecular weight is 290 g/mol. The minimum Gasteiger partial charge on any atom is -0.496 e. The summed E-state index contributed by atoms with van der Waals surface area (Å²) in [4.78, 5) is 12.1. The molecule has 0 aliphatic carbocycles. The Morgan fingerprint density at radius 2 is 2.24 bits per heavy atom. The second-order valence-electron chi connectivity index (χ2n) is 5.72. The van der Waals surface area contributed by atoms with Crippen LogP contribution in [0.3, 0.4) is 0 Å². The number of rotatable bonds is 6. The van der Waals surface area contributed by atoms with Gasteiger partial charge in [-0.25, -0.2) is 0 Å². The van der Waals surface area contributed by atoms with Crippen LogP contribution in [-0.4, -0.2) is 25.6 Å². The average Bonchev–Trinajstić information content (AvgIpc) is 2.53. The molecule has 0 saturated carbocycles. The number of para-hydroxylation sites is 1. The van der Waals surface area contributed by atoms with Gasteiger partial charge in [-0.15, -0.1) is 0 Å². The van der Waals surface area contributed by atoms with Gasteiger partial charge < -0.3 is 15.4 Å². The Kier molecular flexibility index (Phi) is 6.05. The van der Waals surface area contributed by atoms with Crippen molar-refractivity contribution < 1.29 is 9.53 Å². The molecule has 116 valence electrons. The highest BCUT2D eigenvalue weighted by Gasteiger charge is 2.16. The van der Waals surface area contributed by atoms with Crippen LogP contribution in [0.25, 0.3) is 0 Å². The molecular formula is C17H26N2O2. The van der Waals surface area contributed by atoms with Crippen LogP contribution >= 0.6 is 0 Å². The minimum atomic E-state index is -0.0343. The van der Waals surface area contributed by atoms with Gasteiger partial charge in [0.1, 0.15) is 5.75 Å². The Bertz CT molecular complexity index is 456. The molecule has 1 aromatic carbocycles. The summed E-state index contributed by atoms with van der Waals surface area (Å²) in [6, 6.07) is 8.29. The molecule has 2 atom stereocenters. The molecule has 0 radical (unpaired) electrons. The highest BCUT2D eigenvalue weighted by Crippen LogP contribution is 2.24. The monoisotopic (exact) mass is 290 g/mol. The van der Waals surface area contributed by atoms with Gasteiger partial charge in [0.2, 0.25) is 5.91 Å². The second-order valence-corrected chi connectivity index (χ2v) is 5.72. The summed E-state index contributed by atoms with van der Waals surface area (Å²) in [7, 11) is 1.65. The molecule has 0 spiro atoms. The van der Waals surface area contributed by atoms with Crippen molar-refractivity contribution in [2.24, 2.45) is 0 Å². The summed E-state index contributed by atoms with van der Waals surface area (Å²) in [5, 5.41) is 6.54. The third-order valence-corrected chi connectivity index (χ3v) is 4.12. The third-order valence-electron chi connectivity index (χ3n) is 4.12. The Balaban J connectivity index is 1.81. The first-order valence-corrected chi connectivity index (χ1v) is 7.86. The van der Waals surface area contributed by atoms with E-state index in [0.29, 0.717) is 12.5 Å². The Labute approximate surface area is 127 Å². The van der Waals surface area contributed by atoms with Gasteiger partial charge in [-0.3, -0.25) is 4.79 Å². The van der Waals surface area contributed by atoms with Gasteiger partial charge in [0, 0.05) is 18.0 Å². The molecule has 4 nitrogen and oxygen atoms in total. The van der Waals surface area contributed by atoms with Gasteiger partial charge in [-0.05, 0) is 38.8 Å². The predicted molar refractivity (Wildman–Crippen MR) is 84.4 cm³/mol.